The van der Waals surface area contributed by atoms with Gasteiger partial charge in [0.25, 0.3) is 0 Å². The van der Waals surface area contributed by atoms with E-state index in [1.165, 1.54) is 24.1 Å². The summed E-state index contributed by atoms with van der Waals surface area (Å²) >= 11 is 1.24. The van der Waals surface area contributed by atoms with Crippen LogP contribution < -0.4 is 17.0 Å². The Morgan fingerprint density at radius 2 is 2.21 bits per heavy atom. The molecule has 5 N–H and O–H groups in total. The van der Waals surface area contributed by atoms with Crippen molar-refractivity contribution in [2.24, 2.45) is 5.84 Å². The number of amides is 1. The van der Waals surface area contributed by atoms with Gasteiger partial charge in [-0.15, -0.1) is 11.8 Å². The van der Waals surface area contributed by atoms with Gasteiger partial charge in [-0.3, -0.25) is 10.2 Å². The van der Waals surface area contributed by atoms with Crippen LogP contribution >= 0.6 is 11.8 Å². The first-order valence-electron chi connectivity index (χ1n) is 5.37. The van der Waals surface area contributed by atoms with Crippen molar-refractivity contribution in [3.63, 3.8) is 0 Å². The molecule has 0 unspecified atom stereocenters. The van der Waals surface area contributed by atoms with Crippen molar-refractivity contribution < 1.29 is 13.6 Å². The highest BCUT2D eigenvalue weighted by molar-refractivity contribution is 7.98. The second kappa shape index (κ2) is 5.77. The number of thioether (sulfide) groups is 1. The third-order valence-electron chi connectivity index (χ3n) is 2.42. The summed E-state index contributed by atoms with van der Waals surface area (Å²) in [5.74, 6) is 4.65. The molecule has 2 aromatic rings. The molecule has 0 fully saturated rings. The van der Waals surface area contributed by atoms with Crippen LogP contribution in [0.25, 0.3) is 0 Å². The number of rotatable bonds is 4. The first kappa shape index (κ1) is 13.4. The first-order valence-corrected chi connectivity index (χ1v) is 6.35. The van der Waals surface area contributed by atoms with Gasteiger partial charge >= 0.3 is 5.91 Å². The van der Waals surface area contributed by atoms with Crippen molar-refractivity contribution in [1.29, 1.82) is 0 Å². The lowest BCUT2D eigenvalue weighted by atomic mass is 10.3. The minimum atomic E-state index is -0.515. The van der Waals surface area contributed by atoms with Crippen LogP contribution in [0.3, 0.4) is 0 Å². The van der Waals surface area contributed by atoms with E-state index in [-0.39, 0.29) is 5.76 Å². The van der Waals surface area contributed by atoms with Gasteiger partial charge in [-0.25, -0.2) is 10.2 Å². The number of hydrazine groups is 1. The number of nitrogens with one attached hydrogen (secondary N) is 1. The molecule has 0 saturated heterocycles. The van der Waals surface area contributed by atoms with Crippen LogP contribution in [0.2, 0.25) is 0 Å². The van der Waals surface area contributed by atoms with Gasteiger partial charge in [0.05, 0.1) is 6.26 Å². The molecule has 1 aromatic carbocycles. The van der Waals surface area contributed by atoms with Gasteiger partial charge in [-0.05, 0) is 24.3 Å². The van der Waals surface area contributed by atoms with E-state index in [4.69, 9.17) is 16.0 Å². The lowest BCUT2D eigenvalue weighted by molar-refractivity contribution is 0.0925. The summed E-state index contributed by atoms with van der Waals surface area (Å²) in [6, 6.07) is 6.12. The van der Waals surface area contributed by atoms with Crippen LogP contribution in [0.4, 0.5) is 10.1 Å². The van der Waals surface area contributed by atoms with Crippen molar-refractivity contribution in [3.8, 4) is 0 Å². The lowest BCUT2D eigenvalue weighted by Crippen LogP contribution is -2.30. The normalized spacial score (nSPS) is 10.4. The Morgan fingerprint density at radius 3 is 2.89 bits per heavy atom. The molecular weight excluding hydrogens is 269 g/mol. The van der Waals surface area contributed by atoms with Gasteiger partial charge in [0.2, 0.25) is 0 Å². The molecule has 1 heterocycles. The van der Waals surface area contributed by atoms with Crippen LogP contribution in [0.15, 0.2) is 39.8 Å². The summed E-state index contributed by atoms with van der Waals surface area (Å²) in [5, 5.41) is 0. The summed E-state index contributed by atoms with van der Waals surface area (Å²) in [6.45, 7) is 0. The number of carbonyl (C=O) groups excluding carboxylic acids is 1. The number of hydrogen-bond acceptors (Lipinski definition) is 5. The highest BCUT2D eigenvalue weighted by atomic mass is 32.2. The zero-order chi connectivity index (χ0) is 13.8. The largest absolute Gasteiger partial charge is 0.459 e. The molecule has 19 heavy (non-hydrogen) atoms. The maximum absolute atomic E-state index is 13.6. The quantitative estimate of drug-likeness (QED) is 0.261. The molecule has 1 amide bonds. The molecule has 7 heteroatoms. The summed E-state index contributed by atoms with van der Waals surface area (Å²) in [7, 11) is 0. The predicted molar refractivity (Wildman–Crippen MR) is 70.7 cm³/mol. The SMILES string of the molecule is NNC(=O)c1occc1CSc1ccc(N)cc1F. The highest BCUT2D eigenvalue weighted by Crippen LogP contribution is 2.28. The van der Waals surface area contributed by atoms with Gasteiger partial charge in [-0.2, -0.15) is 0 Å². The van der Waals surface area contributed by atoms with Crippen molar-refractivity contribution in [2.45, 2.75) is 10.6 Å². The van der Waals surface area contributed by atoms with Gasteiger partial charge in [0.15, 0.2) is 5.76 Å². The van der Waals surface area contributed by atoms with Crippen molar-refractivity contribution in [2.75, 3.05) is 5.73 Å². The minimum Gasteiger partial charge on any atom is -0.459 e. The molecule has 0 radical (unpaired) electrons. The highest BCUT2D eigenvalue weighted by Gasteiger charge is 2.15. The maximum Gasteiger partial charge on any atom is 0.301 e. The molecule has 0 aliphatic carbocycles. The van der Waals surface area contributed by atoms with Gasteiger partial charge in [-0.1, -0.05) is 0 Å². The lowest BCUT2D eigenvalue weighted by Gasteiger charge is -2.04. The Kier molecular flexibility index (Phi) is 4.08. The number of nitrogen functional groups attached to an aromatic ring is 2. The number of halogens is 1. The average molecular weight is 281 g/mol. The Balaban J connectivity index is 2.10. The van der Waals surface area contributed by atoms with E-state index >= 15 is 0 Å². The summed E-state index contributed by atoms with van der Waals surface area (Å²) in [6.07, 6.45) is 1.39. The summed E-state index contributed by atoms with van der Waals surface area (Å²) in [5.41, 5.74) is 8.47. The van der Waals surface area contributed by atoms with E-state index in [9.17, 15) is 9.18 Å². The molecule has 0 aliphatic rings. The molecule has 0 spiro atoms. The third kappa shape index (κ3) is 3.07. The van der Waals surface area contributed by atoms with E-state index in [0.717, 1.165) is 0 Å². The van der Waals surface area contributed by atoms with Gasteiger partial charge < -0.3 is 10.2 Å². The smallest absolute Gasteiger partial charge is 0.301 e. The van der Waals surface area contributed by atoms with E-state index in [1.807, 2.05) is 5.43 Å². The van der Waals surface area contributed by atoms with Crippen LogP contribution in [0.1, 0.15) is 16.1 Å². The number of anilines is 1. The zero-order valence-electron chi connectivity index (χ0n) is 9.85. The van der Waals surface area contributed by atoms with Gasteiger partial charge in [0.1, 0.15) is 5.82 Å². The third-order valence-corrected chi connectivity index (χ3v) is 3.52. The number of benzene rings is 1. The van der Waals surface area contributed by atoms with Gasteiger partial charge in [0, 0.05) is 21.9 Å². The minimum absolute atomic E-state index is 0.130. The number of nitrogens with two attached hydrogens (primary N) is 2. The Hall–Kier alpha value is -1.99. The topological polar surface area (TPSA) is 94.3 Å². The Morgan fingerprint density at radius 1 is 1.42 bits per heavy atom. The number of furan rings is 1. The van der Waals surface area contributed by atoms with Crippen molar-refractivity contribution in [3.05, 3.63) is 47.7 Å². The molecule has 2 rings (SSSR count). The molecule has 5 nitrogen and oxygen atoms in total. The zero-order valence-corrected chi connectivity index (χ0v) is 10.7. The molecule has 1 aromatic heterocycles. The number of hydrogen-bond donors (Lipinski definition) is 3. The van der Waals surface area contributed by atoms with E-state index < -0.39 is 11.7 Å². The van der Waals surface area contributed by atoms with E-state index in [1.54, 1.807) is 18.2 Å². The van der Waals surface area contributed by atoms with Crippen LogP contribution in [-0.4, -0.2) is 5.91 Å². The average Bonchev–Trinajstić information content (AvgIpc) is 2.85. The van der Waals surface area contributed by atoms with Crippen LogP contribution in [0.5, 0.6) is 0 Å². The fourth-order valence-electron chi connectivity index (χ4n) is 1.50. The predicted octanol–water partition coefficient (Wildman–Crippen LogP) is 1.90. The number of carbonyl (C=O) groups is 1. The molecule has 0 aliphatic heterocycles. The van der Waals surface area contributed by atoms with Crippen molar-refractivity contribution in [1.82, 2.24) is 5.43 Å². The Labute approximate surface area is 113 Å². The summed E-state index contributed by atoms with van der Waals surface area (Å²) < 4.78 is 18.6. The fraction of sp³-hybridized carbons (Fsp3) is 0.0833. The fourth-order valence-corrected chi connectivity index (χ4v) is 2.40. The second-order valence-corrected chi connectivity index (χ2v) is 4.74. The van der Waals surface area contributed by atoms with Crippen LogP contribution in [-0.2, 0) is 5.75 Å². The standard InChI is InChI=1S/C12H12FN3O2S/c13-9-5-8(14)1-2-10(9)19-6-7-3-4-18-11(7)12(17)16-15/h1-5H,6,14-15H2,(H,16,17). The Bertz CT molecular complexity index is 600. The monoisotopic (exact) mass is 281 g/mol. The summed E-state index contributed by atoms with van der Waals surface area (Å²) in [4.78, 5) is 11.8. The molecule has 100 valence electrons. The maximum atomic E-state index is 13.6. The molecule has 0 bridgehead atoms. The molecule has 0 atom stereocenters. The molecule has 0 saturated carbocycles. The molecular formula is C12H12FN3O2S. The van der Waals surface area contributed by atoms with E-state index in [2.05, 4.69) is 0 Å². The van der Waals surface area contributed by atoms with Crippen LogP contribution in [0, 0.1) is 5.82 Å². The first-order chi connectivity index (χ1) is 9.11. The second-order valence-electron chi connectivity index (χ2n) is 3.73. The van der Waals surface area contributed by atoms with Crippen molar-refractivity contribution >= 4 is 23.4 Å². The van der Waals surface area contributed by atoms with E-state index in [0.29, 0.717) is 21.9 Å².